The third kappa shape index (κ3) is 2.23. The first kappa shape index (κ1) is 13.3. The molecule has 0 amide bonds. The zero-order valence-corrected chi connectivity index (χ0v) is 11.7. The van der Waals surface area contributed by atoms with Crippen molar-refractivity contribution in [3.8, 4) is 0 Å². The average Bonchev–Trinajstić information content (AvgIpc) is 2.84. The number of aryl methyl sites for hydroxylation is 2. The first-order chi connectivity index (χ1) is 9.56. The summed E-state index contributed by atoms with van der Waals surface area (Å²) in [6, 6.07) is 9.09. The molecule has 0 saturated heterocycles. The van der Waals surface area contributed by atoms with Crippen LogP contribution in [0.1, 0.15) is 39.4 Å². The lowest BCUT2D eigenvalue weighted by molar-refractivity contribution is 0.134. The summed E-state index contributed by atoms with van der Waals surface area (Å²) in [6.45, 7) is 5.06. The monoisotopic (exact) mass is 271 g/mol. The molecule has 0 saturated carbocycles. The topological polar surface area (TPSA) is 35.2 Å². The van der Waals surface area contributed by atoms with Gasteiger partial charge >= 0.3 is 0 Å². The Balaban J connectivity index is 2.03. The molecule has 1 heterocycles. The van der Waals surface area contributed by atoms with E-state index in [0.29, 0.717) is 18.8 Å². The average molecular weight is 271 g/mol. The number of fused-ring (bicyclic) bond motifs is 1. The van der Waals surface area contributed by atoms with E-state index < -0.39 is 6.04 Å². The van der Waals surface area contributed by atoms with Gasteiger partial charge in [-0.25, -0.2) is 4.39 Å². The highest BCUT2D eigenvalue weighted by Crippen LogP contribution is 2.29. The van der Waals surface area contributed by atoms with E-state index >= 15 is 0 Å². The lowest BCUT2D eigenvalue weighted by atomic mass is 9.92. The SMILES string of the molecule is Cc1cc(C)c(C(N)c2ccc3c(c2)COC3)c(F)c1. The van der Waals surface area contributed by atoms with Crippen molar-refractivity contribution in [1.29, 1.82) is 0 Å². The maximum absolute atomic E-state index is 14.2. The highest BCUT2D eigenvalue weighted by atomic mass is 19.1. The van der Waals surface area contributed by atoms with Gasteiger partial charge in [-0.05, 0) is 47.7 Å². The summed E-state index contributed by atoms with van der Waals surface area (Å²) in [5.74, 6) is -0.230. The number of nitrogens with two attached hydrogens (primary N) is 1. The van der Waals surface area contributed by atoms with Gasteiger partial charge < -0.3 is 10.5 Å². The first-order valence-corrected chi connectivity index (χ1v) is 6.78. The zero-order valence-electron chi connectivity index (χ0n) is 11.7. The molecule has 1 aliphatic heterocycles. The second-order valence-corrected chi connectivity index (χ2v) is 5.48. The van der Waals surface area contributed by atoms with Crippen LogP contribution < -0.4 is 5.73 Å². The predicted molar refractivity (Wildman–Crippen MR) is 76.8 cm³/mol. The molecule has 1 unspecified atom stereocenters. The number of ether oxygens (including phenoxy) is 1. The fourth-order valence-corrected chi connectivity index (χ4v) is 2.87. The van der Waals surface area contributed by atoms with Gasteiger partial charge in [-0.2, -0.15) is 0 Å². The fraction of sp³-hybridized carbons (Fsp3) is 0.294. The Kier molecular flexibility index (Phi) is 3.32. The number of benzene rings is 2. The third-order valence-corrected chi connectivity index (χ3v) is 3.90. The molecule has 0 aromatic heterocycles. The predicted octanol–water partition coefficient (Wildman–Crippen LogP) is 3.52. The number of rotatable bonds is 2. The Morgan fingerprint density at radius 1 is 1.10 bits per heavy atom. The van der Waals surface area contributed by atoms with Crippen LogP contribution in [-0.2, 0) is 18.0 Å². The summed E-state index contributed by atoms with van der Waals surface area (Å²) in [6.07, 6.45) is 0. The van der Waals surface area contributed by atoms with Gasteiger partial charge in [0.05, 0.1) is 19.3 Å². The van der Waals surface area contributed by atoms with Gasteiger partial charge in [0.2, 0.25) is 0 Å². The molecule has 3 rings (SSSR count). The van der Waals surface area contributed by atoms with E-state index in [2.05, 4.69) is 0 Å². The molecule has 0 fully saturated rings. The largest absolute Gasteiger partial charge is 0.372 e. The van der Waals surface area contributed by atoms with Gasteiger partial charge in [0.1, 0.15) is 5.82 Å². The van der Waals surface area contributed by atoms with Crippen LogP contribution >= 0.6 is 0 Å². The van der Waals surface area contributed by atoms with E-state index in [1.165, 1.54) is 5.56 Å². The summed E-state index contributed by atoms with van der Waals surface area (Å²) in [5.41, 5.74) is 12.0. The van der Waals surface area contributed by atoms with Gasteiger partial charge in [0.25, 0.3) is 0 Å². The molecule has 0 radical (unpaired) electrons. The van der Waals surface area contributed by atoms with E-state index in [9.17, 15) is 4.39 Å². The van der Waals surface area contributed by atoms with E-state index in [0.717, 1.165) is 22.3 Å². The summed E-state index contributed by atoms with van der Waals surface area (Å²) in [4.78, 5) is 0. The third-order valence-electron chi connectivity index (χ3n) is 3.90. The summed E-state index contributed by atoms with van der Waals surface area (Å²) in [7, 11) is 0. The van der Waals surface area contributed by atoms with Gasteiger partial charge in [0, 0.05) is 5.56 Å². The molecule has 0 spiro atoms. The minimum Gasteiger partial charge on any atom is -0.372 e. The molecule has 2 nitrogen and oxygen atoms in total. The normalized spacial score (nSPS) is 15.2. The maximum atomic E-state index is 14.2. The van der Waals surface area contributed by atoms with Crippen molar-refractivity contribution in [2.75, 3.05) is 0 Å². The van der Waals surface area contributed by atoms with E-state index in [1.807, 2.05) is 38.1 Å². The minimum atomic E-state index is -0.443. The summed E-state index contributed by atoms with van der Waals surface area (Å²) < 4.78 is 19.6. The van der Waals surface area contributed by atoms with E-state index in [1.54, 1.807) is 6.07 Å². The molecule has 2 N–H and O–H groups in total. The highest BCUT2D eigenvalue weighted by molar-refractivity contribution is 5.42. The number of halogens is 1. The van der Waals surface area contributed by atoms with Gasteiger partial charge in [-0.15, -0.1) is 0 Å². The van der Waals surface area contributed by atoms with Gasteiger partial charge in [-0.1, -0.05) is 24.3 Å². The standard InChI is InChI=1S/C17H18FNO/c1-10-5-11(2)16(15(18)6-10)17(19)12-3-4-13-8-20-9-14(13)7-12/h3-7,17H,8-9,19H2,1-2H3. The molecule has 2 aromatic carbocycles. The first-order valence-electron chi connectivity index (χ1n) is 6.78. The summed E-state index contributed by atoms with van der Waals surface area (Å²) >= 11 is 0. The molecule has 3 heteroatoms. The Hall–Kier alpha value is -1.71. The lowest BCUT2D eigenvalue weighted by Gasteiger charge is -2.17. The van der Waals surface area contributed by atoms with Crippen molar-refractivity contribution in [2.24, 2.45) is 5.73 Å². The van der Waals surface area contributed by atoms with Gasteiger partial charge in [0.15, 0.2) is 0 Å². The molecule has 20 heavy (non-hydrogen) atoms. The Bertz CT molecular complexity index is 643. The summed E-state index contributed by atoms with van der Waals surface area (Å²) in [5, 5.41) is 0. The van der Waals surface area contributed by atoms with Crippen LogP contribution in [0.3, 0.4) is 0 Å². The molecule has 0 bridgehead atoms. The van der Waals surface area contributed by atoms with Crippen LogP contribution in [0.5, 0.6) is 0 Å². The smallest absolute Gasteiger partial charge is 0.128 e. The fourth-order valence-electron chi connectivity index (χ4n) is 2.87. The van der Waals surface area contributed by atoms with Crippen LogP contribution in [-0.4, -0.2) is 0 Å². The zero-order chi connectivity index (χ0) is 14.3. The van der Waals surface area contributed by atoms with Crippen LogP contribution in [0.2, 0.25) is 0 Å². The van der Waals surface area contributed by atoms with Gasteiger partial charge in [-0.3, -0.25) is 0 Å². The Labute approximate surface area is 118 Å². The van der Waals surface area contributed by atoms with Crippen molar-refractivity contribution < 1.29 is 9.13 Å². The molecule has 0 aliphatic carbocycles. The molecular weight excluding hydrogens is 253 g/mol. The molecule has 104 valence electrons. The molecule has 2 aromatic rings. The molecular formula is C17H18FNO. The van der Waals surface area contributed by atoms with Crippen LogP contribution in [0.4, 0.5) is 4.39 Å². The molecule has 1 aliphatic rings. The molecule has 1 atom stereocenters. The second kappa shape index (κ2) is 5.00. The van der Waals surface area contributed by atoms with E-state index in [4.69, 9.17) is 10.5 Å². The minimum absolute atomic E-state index is 0.230. The van der Waals surface area contributed by atoms with E-state index in [-0.39, 0.29) is 5.82 Å². The quantitative estimate of drug-likeness (QED) is 0.907. The Morgan fingerprint density at radius 2 is 1.85 bits per heavy atom. The van der Waals surface area contributed by atoms with Crippen LogP contribution in [0, 0.1) is 19.7 Å². The van der Waals surface area contributed by atoms with Crippen LogP contribution in [0.25, 0.3) is 0 Å². The van der Waals surface area contributed by atoms with Crippen molar-refractivity contribution in [3.63, 3.8) is 0 Å². The van der Waals surface area contributed by atoms with Crippen molar-refractivity contribution in [1.82, 2.24) is 0 Å². The second-order valence-electron chi connectivity index (χ2n) is 5.48. The van der Waals surface area contributed by atoms with Crippen molar-refractivity contribution in [3.05, 3.63) is 69.5 Å². The van der Waals surface area contributed by atoms with Crippen LogP contribution in [0.15, 0.2) is 30.3 Å². The van der Waals surface area contributed by atoms with Crippen molar-refractivity contribution in [2.45, 2.75) is 33.1 Å². The Morgan fingerprint density at radius 3 is 2.60 bits per heavy atom. The highest BCUT2D eigenvalue weighted by Gasteiger charge is 2.19. The lowest BCUT2D eigenvalue weighted by Crippen LogP contribution is -2.15. The maximum Gasteiger partial charge on any atom is 0.128 e. The van der Waals surface area contributed by atoms with Crippen molar-refractivity contribution >= 4 is 0 Å². The number of hydrogen-bond donors (Lipinski definition) is 1. The number of hydrogen-bond acceptors (Lipinski definition) is 2.